The number of aromatic nitrogens is 2. The van der Waals surface area contributed by atoms with Gasteiger partial charge in [-0.05, 0) is 18.9 Å². The Bertz CT molecular complexity index is 183. The van der Waals surface area contributed by atoms with Gasteiger partial charge in [0.15, 0.2) is 0 Å². The van der Waals surface area contributed by atoms with E-state index in [1.165, 1.54) is 6.33 Å². The molecule has 3 heteroatoms. The Hall–Kier alpha value is -0.960. The molecule has 54 valence electrons. The second-order valence-corrected chi connectivity index (χ2v) is 2.43. The molecule has 0 saturated carbocycles. The van der Waals surface area contributed by atoms with E-state index in [0.717, 1.165) is 12.0 Å². The van der Waals surface area contributed by atoms with E-state index >= 15 is 0 Å². The van der Waals surface area contributed by atoms with Crippen molar-refractivity contribution in [3.63, 3.8) is 0 Å². The Kier molecular flexibility index (Phi) is 2.34. The molecule has 1 aromatic heterocycles. The van der Waals surface area contributed by atoms with Gasteiger partial charge in [0, 0.05) is 18.4 Å². The van der Waals surface area contributed by atoms with Gasteiger partial charge in [0.1, 0.15) is 6.33 Å². The van der Waals surface area contributed by atoms with Crippen LogP contribution in [0.3, 0.4) is 0 Å². The van der Waals surface area contributed by atoms with Gasteiger partial charge in [-0.1, -0.05) is 0 Å². The first-order valence-corrected chi connectivity index (χ1v) is 3.28. The number of nitrogens with two attached hydrogens (primary N) is 1. The van der Waals surface area contributed by atoms with Crippen molar-refractivity contribution < 1.29 is 0 Å². The third kappa shape index (κ3) is 2.11. The molecule has 1 rings (SSSR count). The molecule has 0 spiro atoms. The maximum atomic E-state index is 5.57. The average molecular weight is 137 g/mol. The highest BCUT2D eigenvalue weighted by Gasteiger charge is 1.95. The minimum atomic E-state index is 0.186. The fraction of sp³-hybridized carbons (Fsp3) is 0.429. The van der Waals surface area contributed by atoms with E-state index in [-0.39, 0.29) is 6.04 Å². The average Bonchev–Trinajstić information content (AvgIpc) is 1.88. The van der Waals surface area contributed by atoms with Crippen molar-refractivity contribution in [2.75, 3.05) is 0 Å². The topological polar surface area (TPSA) is 51.8 Å². The summed E-state index contributed by atoms with van der Waals surface area (Å²) in [6.07, 6.45) is 5.94. The summed E-state index contributed by atoms with van der Waals surface area (Å²) < 4.78 is 0. The van der Waals surface area contributed by atoms with Crippen LogP contribution in [0.4, 0.5) is 0 Å². The smallest absolute Gasteiger partial charge is 0.115 e. The second kappa shape index (κ2) is 3.27. The minimum Gasteiger partial charge on any atom is -0.328 e. The molecular weight excluding hydrogens is 126 g/mol. The van der Waals surface area contributed by atoms with Crippen LogP contribution in [-0.4, -0.2) is 16.0 Å². The molecule has 1 atom stereocenters. The van der Waals surface area contributed by atoms with Crippen LogP contribution in [0, 0.1) is 0 Å². The zero-order valence-corrected chi connectivity index (χ0v) is 5.99. The summed E-state index contributed by atoms with van der Waals surface area (Å²) in [5.41, 5.74) is 6.66. The van der Waals surface area contributed by atoms with Gasteiger partial charge in [-0.15, -0.1) is 0 Å². The summed E-state index contributed by atoms with van der Waals surface area (Å²) in [7, 11) is 0. The largest absolute Gasteiger partial charge is 0.328 e. The highest BCUT2D eigenvalue weighted by molar-refractivity contribution is 5.03. The van der Waals surface area contributed by atoms with Crippen molar-refractivity contribution in [1.82, 2.24) is 9.97 Å². The highest BCUT2D eigenvalue weighted by atomic mass is 14.8. The van der Waals surface area contributed by atoms with Crippen molar-refractivity contribution in [2.24, 2.45) is 5.73 Å². The van der Waals surface area contributed by atoms with Crippen molar-refractivity contribution in [2.45, 2.75) is 19.4 Å². The summed E-state index contributed by atoms with van der Waals surface area (Å²) in [6, 6.07) is 0.186. The molecule has 0 amide bonds. The fourth-order valence-corrected chi connectivity index (χ4v) is 0.807. The van der Waals surface area contributed by atoms with Gasteiger partial charge in [-0.2, -0.15) is 0 Å². The Balaban J connectivity index is 2.59. The van der Waals surface area contributed by atoms with Gasteiger partial charge in [0.25, 0.3) is 0 Å². The molecule has 0 fully saturated rings. The van der Waals surface area contributed by atoms with Crippen LogP contribution in [0.25, 0.3) is 0 Å². The van der Waals surface area contributed by atoms with E-state index in [1.807, 2.05) is 6.92 Å². The minimum absolute atomic E-state index is 0.186. The molecule has 0 saturated heterocycles. The molecule has 3 nitrogen and oxygen atoms in total. The van der Waals surface area contributed by atoms with Crippen LogP contribution >= 0.6 is 0 Å². The lowest BCUT2D eigenvalue weighted by Gasteiger charge is -2.01. The summed E-state index contributed by atoms with van der Waals surface area (Å²) in [6.45, 7) is 1.97. The lowest BCUT2D eigenvalue weighted by Crippen LogP contribution is -2.17. The molecule has 0 aromatic carbocycles. The second-order valence-electron chi connectivity index (χ2n) is 2.43. The van der Waals surface area contributed by atoms with Crippen LogP contribution in [0.1, 0.15) is 12.5 Å². The maximum Gasteiger partial charge on any atom is 0.115 e. The number of hydrogen-bond donors (Lipinski definition) is 1. The quantitative estimate of drug-likeness (QED) is 0.640. The Morgan fingerprint density at radius 3 is 2.60 bits per heavy atom. The van der Waals surface area contributed by atoms with Crippen LogP contribution in [0.2, 0.25) is 0 Å². The van der Waals surface area contributed by atoms with Gasteiger partial charge in [-0.3, -0.25) is 0 Å². The molecule has 1 aromatic rings. The summed E-state index contributed by atoms with van der Waals surface area (Å²) in [4.78, 5) is 7.74. The lowest BCUT2D eigenvalue weighted by atomic mass is 10.1. The first-order chi connectivity index (χ1) is 4.79. The van der Waals surface area contributed by atoms with E-state index in [4.69, 9.17) is 5.73 Å². The fourth-order valence-electron chi connectivity index (χ4n) is 0.807. The summed E-state index contributed by atoms with van der Waals surface area (Å²) in [5, 5.41) is 0. The molecule has 10 heavy (non-hydrogen) atoms. The van der Waals surface area contributed by atoms with Gasteiger partial charge in [0.2, 0.25) is 0 Å². The normalized spacial score (nSPS) is 13.0. The van der Waals surface area contributed by atoms with Gasteiger partial charge >= 0.3 is 0 Å². The summed E-state index contributed by atoms with van der Waals surface area (Å²) in [5.74, 6) is 0. The monoisotopic (exact) mass is 137 g/mol. The van der Waals surface area contributed by atoms with Crippen molar-refractivity contribution in [3.8, 4) is 0 Å². The van der Waals surface area contributed by atoms with Gasteiger partial charge < -0.3 is 5.73 Å². The number of nitrogens with zero attached hydrogens (tertiary/aromatic N) is 2. The maximum absolute atomic E-state index is 5.57. The molecule has 2 N–H and O–H groups in total. The highest BCUT2D eigenvalue weighted by Crippen LogP contribution is 1.95. The SMILES string of the molecule is C[C@@H](N)Cc1cncnc1. The standard InChI is InChI=1S/C7H11N3/c1-6(8)2-7-3-9-5-10-4-7/h3-6H,2,8H2,1H3/t6-/m1/s1. The molecule has 0 aliphatic carbocycles. The van der Waals surface area contributed by atoms with E-state index in [0.29, 0.717) is 0 Å². The van der Waals surface area contributed by atoms with Crippen LogP contribution < -0.4 is 5.73 Å². The molecule has 0 unspecified atom stereocenters. The number of rotatable bonds is 2. The third-order valence-corrected chi connectivity index (χ3v) is 1.17. The third-order valence-electron chi connectivity index (χ3n) is 1.17. The predicted molar refractivity (Wildman–Crippen MR) is 39.4 cm³/mol. The van der Waals surface area contributed by atoms with Crippen LogP contribution in [0.5, 0.6) is 0 Å². The van der Waals surface area contributed by atoms with E-state index in [1.54, 1.807) is 12.4 Å². The Morgan fingerprint density at radius 2 is 2.10 bits per heavy atom. The van der Waals surface area contributed by atoms with Gasteiger partial charge in [0.05, 0.1) is 0 Å². The van der Waals surface area contributed by atoms with Crippen LogP contribution in [0.15, 0.2) is 18.7 Å². The molecule has 1 heterocycles. The molecular formula is C7H11N3. The van der Waals surface area contributed by atoms with E-state index < -0.39 is 0 Å². The van der Waals surface area contributed by atoms with E-state index in [9.17, 15) is 0 Å². The van der Waals surface area contributed by atoms with Crippen molar-refractivity contribution in [3.05, 3.63) is 24.3 Å². The van der Waals surface area contributed by atoms with Crippen LogP contribution in [-0.2, 0) is 6.42 Å². The molecule has 0 aliphatic rings. The Morgan fingerprint density at radius 1 is 1.50 bits per heavy atom. The zero-order chi connectivity index (χ0) is 7.40. The molecule has 0 aliphatic heterocycles. The first kappa shape index (κ1) is 7.15. The van der Waals surface area contributed by atoms with Crippen molar-refractivity contribution >= 4 is 0 Å². The first-order valence-electron chi connectivity index (χ1n) is 3.28. The van der Waals surface area contributed by atoms with Crippen molar-refractivity contribution in [1.29, 1.82) is 0 Å². The summed E-state index contributed by atoms with van der Waals surface area (Å²) >= 11 is 0. The molecule has 0 radical (unpaired) electrons. The Labute approximate surface area is 60.3 Å². The number of hydrogen-bond acceptors (Lipinski definition) is 3. The predicted octanol–water partition coefficient (Wildman–Crippen LogP) is 0.366. The van der Waals surface area contributed by atoms with Gasteiger partial charge in [-0.25, -0.2) is 9.97 Å². The van der Waals surface area contributed by atoms with E-state index in [2.05, 4.69) is 9.97 Å². The zero-order valence-electron chi connectivity index (χ0n) is 5.99. The lowest BCUT2D eigenvalue weighted by molar-refractivity contribution is 0.732. The molecule has 0 bridgehead atoms.